The first-order valence-electron chi connectivity index (χ1n) is 12.3. The fourth-order valence-corrected chi connectivity index (χ4v) is 5.62. The second-order valence-electron chi connectivity index (χ2n) is 9.53. The van der Waals surface area contributed by atoms with Gasteiger partial charge in [-0.3, -0.25) is 14.5 Å². The summed E-state index contributed by atoms with van der Waals surface area (Å²) in [4.78, 5) is 28.0. The minimum atomic E-state index is -0.816. The molecule has 4 atom stereocenters. The molecule has 2 amide bonds. The number of phenolic OH excluding ortho intramolecular Hbond substituents is 1. The highest BCUT2D eigenvalue weighted by atomic mass is 16.3. The molecule has 0 bridgehead atoms. The first-order valence-corrected chi connectivity index (χ1v) is 12.3. The third-order valence-corrected chi connectivity index (χ3v) is 7.28. The molecule has 2 aromatic carbocycles. The lowest BCUT2D eigenvalue weighted by Gasteiger charge is -2.36. The molecular weight excluding hydrogens is 442 g/mol. The van der Waals surface area contributed by atoms with Gasteiger partial charge in [0.2, 0.25) is 11.8 Å². The summed E-state index contributed by atoms with van der Waals surface area (Å²) in [5.74, 6) is -2.10. The highest BCUT2D eigenvalue weighted by Gasteiger charge is 2.55. The number of anilines is 1. The average molecular weight is 476 g/mol. The van der Waals surface area contributed by atoms with Crippen LogP contribution in [0.5, 0.6) is 5.75 Å². The summed E-state index contributed by atoms with van der Waals surface area (Å²) in [5.41, 5.74) is 4.16. The van der Waals surface area contributed by atoms with Gasteiger partial charge in [0, 0.05) is 5.92 Å². The number of carbonyl (C=O) groups is 2. The number of para-hydroxylation sites is 1. The average Bonchev–Trinajstić information content (AvgIpc) is 3.11. The van der Waals surface area contributed by atoms with E-state index < -0.39 is 23.9 Å². The Morgan fingerprint density at radius 3 is 2.51 bits per heavy atom. The number of rotatable bonds is 8. The van der Waals surface area contributed by atoms with E-state index in [1.54, 1.807) is 42.5 Å². The number of nitrogens with zero attached hydrogens (tertiary/aromatic N) is 1. The van der Waals surface area contributed by atoms with Crippen molar-refractivity contribution in [1.29, 1.82) is 0 Å². The predicted molar refractivity (Wildman–Crippen MR) is 135 cm³/mol. The molecular formula is C29H33NO5. The Hall–Kier alpha value is -3.22. The quantitative estimate of drug-likeness (QED) is 0.387. The molecule has 0 unspecified atom stereocenters. The topological polar surface area (TPSA) is 98.1 Å². The molecule has 6 heteroatoms. The maximum atomic E-state index is 13.4. The van der Waals surface area contributed by atoms with Crippen molar-refractivity contribution in [2.24, 2.45) is 17.8 Å². The molecule has 2 aliphatic rings. The summed E-state index contributed by atoms with van der Waals surface area (Å²) in [6.07, 6.45) is 3.29. The number of phenols is 1. The van der Waals surface area contributed by atoms with Crippen molar-refractivity contribution in [3.8, 4) is 5.75 Å². The molecule has 0 saturated carbocycles. The summed E-state index contributed by atoms with van der Waals surface area (Å²) >= 11 is 0. The Morgan fingerprint density at radius 2 is 1.86 bits per heavy atom. The Labute approximate surface area is 206 Å². The van der Waals surface area contributed by atoms with E-state index in [1.807, 2.05) is 32.1 Å². The van der Waals surface area contributed by atoms with Crippen LogP contribution in [0.3, 0.4) is 0 Å². The van der Waals surface area contributed by atoms with Gasteiger partial charge >= 0.3 is 0 Å². The molecule has 1 aliphatic heterocycles. The van der Waals surface area contributed by atoms with Crippen molar-refractivity contribution < 1.29 is 24.9 Å². The molecule has 0 radical (unpaired) electrons. The molecule has 4 rings (SSSR count). The summed E-state index contributed by atoms with van der Waals surface area (Å²) in [6, 6.07) is 15.9. The van der Waals surface area contributed by atoms with Crippen LogP contribution in [0.1, 0.15) is 45.1 Å². The lowest BCUT2D eigenvalue weighted by Crippen LogP contribution is -2.39. The summed E-state index contributed by atoms with van der Waals surface area (Å²) < 4.78 is 0. The standard InChI is InChI=1S/C29H33NO5/c1-3-20-16-23-27(29(35)30(28(23)34)21-9-5-4-6-10-21)24(17-31)26(20)25(33)13-12-18(2)14-19-8-7-11-22(32)15-19/h4-11,14-15,23-25,27,31-33H,3,12-13,16-17H2,1-2H3/b18-14+/t23-,24+,25-,27-/m1/s1. The summed E-state index contributed by atoms with van der Waals surface area (Å²) in [5, 5.41) is 31.3. The molecule has 2 aromatic rings. The van der Waals surface area contributed by atoms with Crippen LogP contribution in [-0.4, -0.2) is 39.8 Å². The van der Waals surface area contributed by atoms with E-state index in [0.29, 0.717) is 31.4 Å². The van der Waals surface area contributed by atoms with Crippen LogP contribution >= 0.6 is 0 Å². The van der Waals surface area contributed by atoms with Crippen LogP contribution in [0, 0.1) is 17.8 Å². The minimum Gasteiger partial charge on any atom is -0.508 e. The zero-order valence-electron chi connectivity index (χ0n) is 20.2. The van der Waals surface area contributed by atoms with Crippen molar-refractivity contribution in [3.63, 3.8) is 0 Å². The maximum absolute atomic E-state index is 13.4. The molecule has 1 fully saturated rings. The van der Waals surface area contributed by atoms with Crippen molar-refractivity contribution in [3.05, 3.63) is 76.9 Å². The summed E-state index contributed by atoms with van der Waals surface area (Å²) in [7, 11) is 0. The van der Waals surface area contributed by atoms with Crippen LogP contribution < -0.4 is 4.90 Å². The normalized spacial score (nSPS) is 23.6. The van der Waals surface area contributed by atoms with Gasteiger partial charge in [-0.15, -0.1) is 0 Å². The third-order valence-electron chi connectivity index (χ3n) is 7.28. The number of carbonyl (C=O) groups excluding carboxylic acids is 2. The van der Waals surface area contributed by atoms with Gasteiger partial charge in [0.1, 0.15) is 5.75 Å². The van der Waals surface area contributed by atoms with Gasteiger partial charge < -0.3 is 15.3 Å². The van der Waals surface area contributed by atoms with Gasteiger partial charge in [0.05, 0.1) is 30.2 Å². The SMILES string of the molecule is CCC1=C([C@H](O)CC/C(C)=C/c2cccc(O)c2)[C@H](CO)[C@@H]2C(=O)N(c3ccccc3)C(=O)[C@@H]2C1. The maximum Gasteiger partial charge on any atom is 0.238 e. The Morgan fingerprint density at radius 1 is 1.11 bits per heavy atom. The number of aromatic hydroxyl groups is 1. The van der Waals surface area contributed by atoms with Crippen molar-refractivity contribution in [2.75, 3.05) is 11.5 Å². The van der Waals surface area contributed by atoms with Crippen molar-refractivity contribution >= 4 is 23.6 Å². The number of imide groups is 1. The van der Waals surface area contributed by atoms with Crippen LogP contribution in [0.4, 0.5) is 5.69 Å². The van der Waals surface area contributed by atoms with Gasteiger partial charge in [0.15, 0.2) is 0 Å². The Bertz CT molecular complexity index is 1150. The van der Waals surface area contributed by atoms with Crippen LogP contribution in [-0.2, 0) is 9.59 Å². The van der Waals surface area contributed by atoms with Gasteiger partial charge in [-0.1, -0.05) is 54.5 Å². The van der Waals surface area contributed by atoms with Gasteiger partial charge in [-0.05, 0) is 68.0 Å². The monoisotopic (exact) mass is 475 g/mol. The minimum absolute atomic E-state index is 0.201. The highest BCUT2D eigenvalue weighted by molar-refractivity contribution is 6.22. The lowest BCUT2D eigenvalue weighted by molar-refractivity contribution is -0.123. The molecule has 184 valence electrons. The fourth-order valence-electron chi connectivity index (χ4n) is 5.62. The van der Waals surface area contributed by atoms with E-state index in [0.717, 1.165) is 22.3 Å². The number of aliphatic hydroxyl groups is 2. The first kappa shape index (κ1) is 24.9. The number of allylic oxidation sites excluding steroid dienone is 2. The highest BCUT2D eigenvalue weighted by Crippen LogP contribution is 2.47. The Kier molecular flexibility index (Phi) is 7.53. The van der Waals surface area contributed by atoms with E-state index in [4.69, 9.17) is 0 Å². The van der Waals surface area contributed by atoms with Gasteiger partial charge in [0.25, 0.3) is 0 Å². The van der Waals surface area contributed by atoms with E-state index in [9.17, 15) is 24.9 Å². The first-order chi connectivity index (χ1) is 16.8. The Balaban J connectivity index is 1.56. The van der Waals surface area contributed by atoms with E-state index >= 15 is 0 Å². The number of amides is 2. The van der Waals surface area contributed by atoms with E-state index in [-0.39, 0.29) is 24.2 Å². The molecule has 1 aliphatic carbocycles. The zero-order valence-corrected chi connectivity index (χ0v) is 20.2. The number of hydrogen-bond donors (Lipinski definition) is 3. The van der Waals surface area contributed by atoms with Crippen molar-refractivity contribution in [2.45, 2.75) is 45.6 Å². The molecule has 0 spiro atoms. The van der Waals surface area contributed by atoms with Crippen LogP contribution in [0.2, 0.25) is 0 Å². The number of fused-ring (bicyclic) bond motifs is 1. The fraction of sp³-hybridized carbons (Fsp3) is 0.379. The zero-order chi connectivity index (χ0) is 25.1. The van der Waals surface area contributed by atoms with Crippen molar-refractivity contribution in [1.82, 2.24) is 0 Å². The summed E-state index contributed by atoms with van der Waals surface area (Å²) in [6.45, 7) is 3.67. The second kappa shape index (κ2) is 10.6. The van der Waals surface area contributed by atoms with Gasteiger partial charge in [-0.2, -0.15) is 0 Å². The molecule has 1 saturated heterocycles. The number of hydrogen-bond acceptors (Lipinski definition) is 5. The third kappa shape index (κ3) is 4.95. The molecule has 1 heterocycles. The predicted octanol–water partition coefficient (Wildman–Crippen LogP) is 4.46. The lowest BCUT2D eigenvalue weighted by atomic mass is 9.67. The van der Waals surface area contributed by atoms with Crippen LogP contribution in [0.25, 0.3) is 6.08 Å². The van der Waals surface area contributed by atoms with E-state index in [1.165, 1.54) is 4.90 Å². The smallest absolute Gasteiger partial charge is 0.238 e. The molecule has 0 aromatic heterocycles. The number of aliphatic hydroxyl groups excluding tert-OH is 2. The molecule has 6 nitrogen and oxygen atoms in total. The van der Waals surface area contributed by atoms with Gasteiger partial charge in [-0.25, -0.2) is 0 Å². The molecule has 3 N–H and O–H groups in total. The molecule has 35 heavy (non-hydrogen) atoms. The van der Waals surface area contributed by atoms with E-state index in [2.05, 4.69) is 0 Å². The largest absolute Gasteiger partial charge is 0.508 e. The van der Waals surface area contributed by atoms with Crippen LogP contribution in [0.15, 0.2) is 71.3 Å². The second-order valence-corrected chi connectivity index (χ2v) is 9.53. The number of benzene rings is 2.